The van der Waals surface area contributed by atoms with Crippen LogP contribution in [0.2, 0.25) is 0 Å². The average Bonchev–Trinajstić information content (AvgIpc) is 2.83. The minimum atomic E-state index is -1.32. The summed E-state index contributed by atoms with van der Waals surface area (Å²) in [5, 5.41) is 0. The van der Waals surface area contributed by atoms with Gasteiger partial charge < -0.3 is 28.4 Å². The van der Waals surface area contributed by atoms with Crippen LogP contribution in [-0.2, 0) is 38.1 Å². The molecule has 0 spiro atoms. The standard InChI is InChI=1S/C30H42O10/c1-11-17(6)29(34)39-25-19(8)35-30(28(37-21(10)32)27(25)38-23(33)14-15(2)3)40-26-22(16(4)5)13-12-18(7)24(26)36-20(9)31/h11-13,15-16,19,25,27-28,30H,14H2,1-10H3/b17-11-/t19-,25+,27-,28-,30-/m0/s1. The Balaban J connectivity index is 2.63. The van der Waals surface area contributed by atoms with Crippen LogP contribution >= 0.6 is 0 Å². The fourth-order valence-electron chi connectivity index (χ4n) is 4.19. The number of carbonyl (C=O) groups excluding carboxylic acids is 4. The number of hydrogen-bond acceptors (Lipinski definition) is 10. The summed E-state index contributed by atoms with van der Waals surface area (Å²) in [5.74, 6) is -2.06. The summed E-state index contributed by atoms with van der Waals surface area (Å²) in [6.45, 7) is 16.8. The van der Waals surface area contributed by atoms with E-state index in [1.165, 1.54) is 13.8 Å². The third-order valence-corrected chi connectivity index (χ3v) is 6.31. The highest BCUT2D eigenvalue weighted by atomic mass is 16.7. The molecule has 1 saturated heterocycles. The maximum absolute atomic E-state index is 12.9. The lowest BCUT2D eigenvalue weighted by Crippen LogP contribution is -2.62. The van der Waals surface area contributed by atoms with Gasteiger partial charge in [0, 0.05) is 31.4 Å². The van der Waals surface area contributed by atoms with Gasteiger partial charge in [-0.05, 0) is 45.1 Å². The second-order valence-corrected chi connectivity index (χ2v) is 10.7. The van der Waals surface area contributed by atoms with E-state index < -0.39 is 54.6 Å². The molecule has 10 nitrogen and oxygen atoms in total. The number of benzene rings is 1. The molecule has 0 unspecified atom stereocenters. The van der Waals surface area contributed by atoms with E-state index >= 15 is 0 Å². The zero-order valence-electron chi connectivity index (χ0n) is 25.1. The molecule has 10 heteroatoms. The van der Waals surface area contributed by atoms with E-state index in [1.54, 1.807) is 33.8 Å². The minimum Gasteiger partial charge on any atom is -0.456 e. The Hall–Kier alpha value is -3.40. The summed E-state index contributed by atoms with van der Waals surface area (Å²) in [6, 6.07) is 3.66. The Morgan fingerprint density at radius 1 is 0.900 bits per heavy atom. The van der Waals surface area contributed by atoms with E-state index in [2.05, 4.69) is 0 Å². The molecule has 2 rings (SSSR count). The van der Waals surface area contributed by atoms with Crippen LogP contribution in [0.3, 0.4) is 0 Å². The molecule has 0 N–H and O–H groups in total. The van der Waals surface area contributed by atoms with E-state index in [9.17, 15) is 19.2 Å². The van der Waals surface area contributed by atoms with E-state index in [0.717, 1.165) is 0 Å². The van der Waals surface area contributed by atoms with Gasteiger partial charge in [0.05, 0.1) is 6.10 Å². The second-order valence-electron chi connectivity index (χ2n) is 10.7. The van der Waals surface area contributed by atoms with Crippen molar-refractivity contribution in [1.29, 1.82) is 0 Å². The Labute approximate surface area is 236 Å². The molecule has 0 aromatic heterocycles. The lowest BCUT2D eigenvalue weighted by Gasteiger charge is -2.43. The first-order valence-electron chi connectivity index (χ1n) is 13.5. The number of ether oxygens (including phenoxy) is 6. The maximum Gasteiger partial charge on any atom is 0.333 e. The lowest BCUT2D eigenvalue weighted by atomic mass is 9.97. The molecule has 40 heavy (non-hydrogen) atoms. The first kappa shape index (κ1) is 32.8. The van der Waals surface area contributed by atoms with E-state index in [1.807, 2.05) is 39.8 Å². The number of esters is 4. The van der Waals surface area contributed by atoms with Crippen molar-refractivity contribution in [2.24, 2.45) is 5.92 Å². The molecule has 1 aliphatic heterocycles. The third kappa shape index (κ3) is 8.55. The predicted octanol–water partition coefficient (Wildman–Crippen LogP) is 4.93. The molecule has 1 aliphatic rings. The molecule has 0 saturated carbocycles. The van der Waals surface area contributed by atoms with Crippen LogP contribution in [-0.4, -0.2) is 54.6 Å². The maximum atomic E-state index is 12.9. The Kier molecular flexibility index (Phi) is 11.7. The molecule has 0 bridgehead atoms. The van der Waals surface area contributed by atoms with Gasteiger partial charge >= 0.3 is 23.9 Å². The van der Waals surface area contributed by atoms with E-state index in [-0.39, 0.29) is 29.8 Å². The van der Waals surface area contributed by atoms with Gasteiger partial charge in [-0.25, -0.2) is 4.79 Å². The Bertz CT molecular complexity index is 1120. The molecule has 222 valence electrons. The number of rotatable bonds is 10. The van der Waals surface area contributed by atoms with Gasteiger partial charge in [-0.15, -0.1) is 0 Å². The highest BCUT2D eigenvalue weighted by Gasteiger charge is 2.52. The molecule has 1 heterocycles. The van der Waals surface area contributed by atoms with Crippen LogP contribution in [0.25, 0.3) is 0 Å². The van der Waals surface area contributed by atoms with Crippen LogP contribution < -0.4 is 9.47 Å². The Morgan fingerprint density at radius 3 is 2.08 bits per heavy atom. The SMILES string of the molecule is C/C=C(/C)C(=O)O[C@H]1[C@H](OC(=O)CC(C)C)[C@H](OC(C)=O)[C@H](Oc2c(C(C)C)ccc(C)c2OC(C)=O)O[C@H]1C. The first-order valence-corrected chi connectivity index (χ1v) is 13.5. The van der Waals surface area contributed by atoms with Gasteiger partial charge in [0.15, 0.2) is 23.7 Å². The number of allylic oxidation sites excluding steroid dienone is 1. The quantitative estimate of drug-likeness (QED) is 0.168. The molecule has 5 atom stereocenters. The van der Waals surface area contributed by atoms with Crippen molar-refractivity contribution in [1.82, 2.24) is 0 Å². The van der Waals surface area contributed by atoms with Crippen LogP contribution in [0.15, 0.2) is 23.8 Å². The Morgan fingerprint density at radius 2 is 1.55 bits per heavy atom. The summed E-state index contributed by atoms with van der Waals surface area (Å²) in [5.41, 5.74) is 1.69. The van der Waals surface area contributed by atoms with Crippen LogP contribution in [0, 0.1) is 12.8 Å². The van der Waals surface area contributed by atoms with Crippen molar-refractivity contribution in [2.75, 3.05) is 0 Å². The minimum absolute atomic E-state index is 0.0116. The number of hydrogen-bond donors (Lipinski definition) is 0. The highest BCUT2D eigenvalue weighted by Crippen LogP contribution is 2.41. The molecule has 1 fully saturated rings. The largest absolute Gasteiger partial charge is 0.456 e. The number of carbonyl (C=O) groups is 4. The molecule has 0 amide bonds. The monoisotopic (exact) mass is 562 g/mol. The van der Waals surface area contributed by atoms with Crippen LogP contribution in [0.5, 0.6) is 11.5 Å². The van der Waals surface area contributed by atoms with E-state index in [4.69, 9.17) is 28.4 Å². The third-order valence-electron chi connectivity index (χ3n) is 6.31. The predicted molar refractivity (Wildman–Crippen MR) is 146 cm³/mol. The van der Waals surface area contributed by atoms with E-state index in [0.29, 0.717) is 16.7 Å². The summed E-state index contributed by atoms with van der Waals surface area (Å²) in [4.78, 5) is 49.8. The fourth-order valence-corrected chi connectivity index (χ4v) is 4.19. The summed E-state index contributed by atoms with van der Waals surface area (Å²) in [7, 11) is 0. The normalized spacial score (nSPS) is 23.0. The smallest absolute Gasteiger partial charge is 0.333 e. The van der Waals surface area contributed by atoms with Crippen molar-refractivity contribution in [2.45, 2.75) is 112 Å². The van der Waals surface area contributed by atoms with Gasteiger partial charge in [0.1, 0.15) is 0 Å². The van der Waals surface area contributed by atoms with Gasteiger partial charge in [-0.1, -0.05) is 45.9 Å². The second kappa shape index (κ2) is 14.3. The molecule has 1 aromatic rings. The van der Waals surface area contributed by atoms with Crippen LogP contribution in [0.1, 0.15) is 85.8 Å². The van der Waals surface area contributed by atoms with Gasteiger partial charge in [0.2, 0.25) is 12.4 Å². The molecule has 0 radical (unpaired) electrons. The fraction of sp³-hybridized carbons (Fsp3) is 0.600. The summed E-state index contributed by atoms with van der Waals surface area (Å²) in [6.07, 6.45) is -4.15. The number of aryl methyl sites for hydroxylation is 1. The zero-order valence-corrected chi connectivity index (χ0v) is 25.1. The van der Waals surface area contributed by atoms with Gasteiger partial charge in [-0.2, -0.15) is 0 Å². The van der Waals surface area contributed by atoms with Gasteiger partial charge in [0.25, 0.3) is 0 Å². The van der Waals surface area contributed by atoms with Crippen molar-refractivity contribution >= 4 is 23.9 Å². The summed E-state index contributed by atoms with van der Waals surface area (Å²) < 4.78 is 35.1. The average molecular weight is 563 g/mol. The molecular formula is C30H42O10. The molecular weight excluding hydrogens is 520 g/mol. The van der Waals surface area contributed by atoms with Crippen molar-refractivity contribution < 1.29 is 47.6 Å². The topological polar surface area (TPSA) is 124 Å². The highest BCUT2D eigenvalue weighted by molar-refractivity contribution is 5.87. The molecule has 0 aliphatic carbocycles. The molecule has 1 aromatic carbocycles. The first-order chi connectivity index (χ1) is 18.7. The lowest BCUT2D eigenvalue weighted by molar-refractivity contribution is -0.280. The van der Waals surface area contributed by atoms with Gasteiger partial charge in [-0.3, -0.25) is 14.4 Å². The summed E-state index contributed by atoms with van der Waals surface area (Å²) >= 11 is 0. The van der Waals surface area contributed by atoms with Crippen molar-refractivity contribution in [3.63, 3.8) is 0 Å². The van der Waals surface area contributed by atoms with Crippen molar-refractivity contribution in [3.05, 3.63) is 34.9 Å². The van der Waals surface area contributed by atoms with Crippen LogP contribution in [0.4, 0.5) is 0 Å². The zero-order chi connectivity index (χ0) is 30.3. The van der Waals surface area contributed by atoms with Crippen molar-refractivity contribution in [3.8, 4) is 11.5 Å².